The Morgan fingerprint density at radius 2 is 2.10 bits per heavy atom. The SMILES string of the molecule is CCCNCC(CCOC(C)C)Cc1cccc(Br)c1. The Morgan fingerprint density at radius 3 is 2.75 bits per heavy atom. The van der Waals surface area contributed by atoms with E-state index in [1.54, 1.807) is 0 Å². The van der Waals surface area contributed by atoms with Gasteiger partial charge < -0.3 is 10.1 Å². The zero-order valence-corrected chi connectivity index (χ0v) is 14.6. The molecule has 0 amide bonds. The van der Waals surface area contributed by atoms with Gasteiger partial charge in [0, 0.05) is 11.1 Å². The van der Waals surface area contributed by atoms with Crippen LogP contribution in [0.4, 0.5) is 0 Å². The average Bonchev–Trinajstić information content (AvgIpc) is 2.38. The Morgan fingerprint density at radius 1 is 1.30 bits per heavy atom. The molecular weight excluding hydrogens is 314 g/mol. The smallest absolute Gasteiger partial charge is 0.0518 e. The first-order valence-corrected chi connectivity index (χ1v) is 8.47. The summed E-state index contributed by atoms with van der Waals surface area (Å²) < 4.78 is 6.86. The first kappa shape index (κ1) is 17.7. The minimum Gasteiger partial charge on any atom is -0.379 e. The summed E-state index contributed by atoms with van der Waals surface area (Å²) in [6.45, 7) is 9.42. The van der Waals surface area contributed by atoms with Crippen LogP contribution >= 0.6 is 15.9 Å². The molecule has 1 unspecified atom stereocenters. The van der Waals surface area contributed by atoms with Crippen molar-refractivity contribution >= 4 is 15.9 Å². The van der Waals surface area contributed by atoms with Crippen molar-refractivity contribution < 1.29 is 4.74 Å². The van der Waals surface area contributed by atoms with E-state index >= 15 is 0 Å². The van der Waals surface area contributed by atoms with E-state index in [-0.39, 0.29) is 0 Å². The standard InChI is InChI=1S/C17H28BrNO/c1-4-9-19-13-16(8-10-20-14(2)3)11-15-6-5-7-17(18)12-15/h5-7,12,14,16,19H,4,8-11,13H2,1-3H3. The first-order valence-electron chi connectivity index (χ1n) is 7.68. The van der Waals surface area contributed by atoms with Crippen molar-refractivity contribution in [1.82, 2.24) is 5.32 Å². The van der Waals surface area contributed by atoms with E-state index in [9.17, 15) is 0 Å². The van der Waals surface area contributed by atoms with Crippen molar-refractivity contribution in [2.45, 2.75) is 46.1 Å². The van der Waals surface area contributed by atoms with Crippen LogP contribution in [0.25, 0.3) is 0 Å². The van der Waals surface area contributed by atoms with Crippen LogP contribution in [-0.2, 0) is 11.2 Å². The third-order valence-electron chi connectivity index (χ3n) is 3.25. The van der Waals surface area contributed by atoms with E-state index in [4.69, 9.17) is 4.74 Å². The van der Waals surface area contributed by atoms with Gasteiger partial charge in [-0.25, -0.2) is 0 Å². The minimum absolute atomic E-state index is 0.324. The summed E-state index contributed by atoms with van der Waals surface area (Å²) in [5.74, 6) is 0.634. The molecule has 0 spiro atoms. The van der Waals surface area contributed by atoms with E-state index < -0.39 is 0 Å². The van der Waals surface area contributed by atoms with Gasteiger partial charge in [0.1, 0.15) is 0 Å². The molecule has 0 aliphatic heterocycles. The largest absolute Gasteiger partial charge is 0.379 e. The van der Waals surface area contributed by atoms with E-state index in [0.717, 1.165) is 37.0 Å². The molecule has 1 N–H and O–H groups in total. The molecule has 0 saturated carbocycles. The highest BCUT2D eigenvalue weighted by Gasteiger charge is 2.10. The van der Waals surface area contributed by atoms with Crippen LogP contribution in [0, 0.1) is 5.92 Å². The maximum absolute atomic E-state index is 5.70. The molecule has 1 aromatic carbocycles. The maximum atomic E-state index is 5.70. The Balaban J connectivity index is 2.47. The second-order valence-electron chi connectivity index (χ2n) is 5.61. The number of halogens is 1. The monoisotopic (exact) mass is 341 g/mol. The van der Waals surface area contributed by atoms with E-state index in [2.05, 4.69) is 66.3 Å². The number of nitrogens with one attached hydrogen (secondary N) is 1. The molecule has 0 heterocycles. The van der Waals surface area contributed by atoms with E-state index in [1.807, 2.05) is 0 Å². The fourth-order valence-corrected chi connectivity index (χ4v) is 2.67. The molecule has 0 saturated heterocycles. The maximum Gasteiger partial charge on any atom is 0.0518 e. The lowest BCUT2D eigenvalue weighted by Gasteiger charge is -2.19. The third kappa shape index (κ3) is 8.03. The topological polar surface area (TPSA) is 21.3 Å². The van der Waals surface area contributed by atoms with Crippen LogP contribution in [0.3, 0.4) is 0 Å². The van der Waals surface area contributed by atoms with Gasteiger partial charge in [-0.15, -0.1) is 0 Å². The first-order chi connectivity index (χ1) is 9.61. The second-order valence-corrected chi connectivity index (χ2v) is 6.53. The van der Waals surface area contributed by atoms with Gasteiger partial charge in [-0.3, -0.25) is 0 Å². The normalized spacial score (nSPS) is 12.8. The predicted octanol–water partition coefficient (Wildman–Crippen LogP) is 4.42. The van der Waals surface area contributed by atoms with Crippen molar-refractivity contribution in [3.05, 3.63) is 34.3 Å². The molecule has 3 heteroatoms. The van der Waals surface area contributed by atoms with Gasteiger partial charge in [0.15, 0.2) is 0 Å². The van der Waals surface area contributed by atoms with E-state index in [0.29, 0.717) is 12.0 Å². The van der Waals surface area contributed by atoms with Crippen molar-refractivity contribution in [3.63, 3.8) is 0 Å². The number of benzene rings is 1. The molecule has 114 valence electrons. The lowest BCUT2D eigenvalue weighted by Crippen LogP contribution is -2.26. The van der Waals surface area contributed by atoms with Crippen molar-refractivity contribution in [1.29, 1.82) is 0 Å². The highest BCUT2D eigenvalue weighted by molar-refractivity contribution is 9.10. The van der Waals surface area contributed by atoms with Crippen molar-refractivity contribution in [2.24, 2.45) is 5.92 Å². The molecule has 1 atom stereocenters. The van der Waals surface area contributed by atoms with E-state index in [1.165, 1.54) is 12.0 Å². The van der Waals surface area contributed by atoms with Gasteiger partial charge in [-0.05, 0) is 69.8 Å². The summed E-state index contributed by atoms with van der Waals surface area (Å²) in [7, 11) is 0. The van der Waals surface area contributed by atoms with Crippen LogP contribution in [0.15, 0.2) is 28.7 Å². The van der Waals surface area contributed by atoms with Gasteiger partial charge in [0.05, 0.1) is 6.10 Å². The van der Waals surface area contributed by atoms with Gasteiger partial charge in [-0.1, -0.05) is 35.0 Å². The van der Waals surface area contributed by atoms with Crippen molar-refractivity contribution in [3.8, 4) is 0 Å². The van der Waals surface area contributed by atoms with Gasteiger partial charge in [-0.2, -0.15) is 0 Å². The molecule has 0 aliphatic rings. The molecule has 1 aromatic rings. The van der Waals surface area contributed by atoms with Crippen LogP contribution in [0.5, 0.6) is 0 Å². The van der Waals surface area contributed by atoms with Crippen LogP contribution < -0.4 is 5.32 Å². The summed E-state index contributed by atoms with van der Waals surface area (Å²) in [5, 5.41) is 3.54. The summed E-state index contributed by atoms with van der Waals surface area (Å²) in [5.41, 5.74) is 1.40. The lowest BCUT2D eigenvalue weighted by atomic mass is 9.96. The number of hydrogen-bond acceptors (Lipinski definition) is 2. The Bertz CT molecular complexity index is 368. The van der Waals surface area contributed by atoms with Crippen LogP contribution in [-0.4, -0.2) is 25.8 Å². The molecule has 0 aromatic heterocycles. The molecule has 0 bridgehead atoms. The summed E-state index contributed by atoms with van der Waals surface area (Å²) in [4.78, 5) is 0. The Labute approximate surface area is 132 Å². The summed E-state index contributed by atoms with van der Waals surface area (Å²) >= 11 is 3.55. The van der Waals surface area contributed by atoms with Gasteiger partial charge >= 0.3 is 0 Å². The predicted molar refractivity (Wildman–Crippen MR) is 90.2 cm³/mol. The summed E-state index contributed by atoms with van der Waals surface area (Å²) in [6, 6.07) is 8.62. The highest BCUT2D eigenvalue weighted by atomic mass is 79.9. The fourth-order valence-electron chi connectivity index (χ4n) is 2.23. The molecule has 0 aliphatic carbocycles. The zero-order valence-electron chi connectivity index (χ0n) is 13.0. The Hall–Kier alpha value is -0.380. The van der Waals surface area contributed by atoms with Gasteiger partial charge in [0.25, 0.3) is 0 Å². The molecule has 2 nitrogen and oxygen atoms in total. The minimum atomic E-state index is 0.324. The lowest BCUT2D eigenvalue weighted by molar-refractivity contribution is 0.0683. The highest BCUT2D eigenvalue weighted by Crippen LogP contribution is 2.17. The Kier molecular flexibility index (Phi) is 9.16. The molecular formula is C17H28BrNO. The molecule has 20 heavy (non-hydrogen) atoms. The fraction of sp³-hybridized carbons (Fsp3) is 0.647. The average molecular weight is 342 g/mol. The van der Waals surface area contributed by atoms with Crippen LogP contribution in [0.2, 0.25) is 0 Å². The number of rotatable bonds is 10. The number of hydrogen-bond donors (Lipinski definition) is 1. The third-order valence-corrected chi connectivity index (χ3v) is 3.74. The quantitative estimate of drug-likeness (QED) is 0.636. The van der Waals surface area contributed by atoms with Crippen LogP contribution in [0.1, 0.15) is 39.2 Å². The molecule has 0 fully saturated rings. The van der Waals surface area contributed by atoms with Gasteiger partial charge in [0.2, 0.25) is 0 Å². The second kappa shape index (κ2) is 10.4. The molecule has 1 rings (SSSR count). The summed E-state index contributed by atoms with van der Waals surface area (Å²) in [6.07, 6.45) is 3.73. The zero-order chi connectivity index (χ0) is 14.8. The number of ether oxygens (including phenoxy) is 1. The van der Waals surface area contributed by atoms with Crippen molar-refractivity contribution in [2.75, 3.05) is 19.7 Å². The molecule has 0 radical (unpaired) electrons.